The second-order valence-corrected chi connectivity index (χ2v) is 6.38. The molecule has 0 radical (unpaired) electrons. The highest BCUT2D eigenvalue weighted by molar-refractivity contribution is 7.21. The zero-order valence-electron chi connectivity index (χ0n) is 11.2. The summed E-state index contributed by atoms with van der Waals surface area (Å²) in [5, 5.41) is 18.5. The molecule has 6 nitrogen and oxygen atoms in total. The molecule has 0 aliphatic carbocycles. The van der Waals surface area contributed by atoms with Crippen molar-refractivity contribution in [2.24, 2.45) is 0 Å². The molecule has 1 aliphatic heterocycles. The molecule has 20 heavy (non-hydrogen) atoms. The number of aromatic nitrogens is 2. The maximum absolute atomic E-state index is 12.5. The highest BCUT2D eigenvalue weighted by atomic mass is 32.1. The number of nitrogens with zero attached hydrogens (tertiary/aromatic N) is 3. The van der Waals surface area contributed by atoms with Crippen LogP contribution in [0.15, 0.2) is 12.3 Å². The molecule has 1 amide bonds. The maximum atomic E-state index is 12.5. The number of likely N-dealkylation sites (tertiary alicyclic amines) is 1. The Morgan fingerprint density at radius 1 is 1.50 bits per heavy atom. The Morgan fingerprint density at radius 3 is 2.85 bits per heavy atom. The van der Waals surface area contributed by atoms with Gasteiger partial charge in [0.05, 0.1) is 17.5 Å². The molecule has 0 aromatic carbocycles. The van der Waals surface area contributed by atoms with E-state index in [4.69, 9.17) is 5.73 Å². The van der Waals surface area contributed by atoms with Gasteiger partial charge in [-0.1, -0.05) is 0 Å². The molecule has 2 aromatic rings. The largest absolute Gasteiger partial charge is 0.397 e. The highest BCUT2D eigenvalue weighted by Crippen LogP contribution is 2.33. The number of carbonyl (C=O) groups excluding carboxylic acids is 1. The molecule has 0 unspecified atom stereocenters. The van der Waals surface area contributed by atoms with Gasteiger partial charge in [0.2, 0.25) is 0 Å². The van der Waals surface area contributed by atoms with Crippen molar-refractivity contribution in [3.8, 4) is 0 Å². The summed E-state index contributed by atoms with van der Waals surface area (Å²) in [4.78, 5) is 15.5. The lowest BCUT2D eigenvalue weighted by Gasteiger charge is -2.35. The van der Waals surface area contributed by atoms with Gasteiger partial charge in [-0.05, 0) is 25.8 Å². The molecule has 106 valence electrons. The van der Waals surface area contributed by atoms with E-state index in [0.29, 0.717) is 41.3 Å². The fraction of sp³-hybridized carbons (Fsp3) is 0.462. The molecular formula is C13H16N4O2S. The first-order chi connectivity index (χ1) is 9.48. The van der Waals surface area contributed by atoms with Gasteiger partial charge in [-0.3, -0.25) is 4.79 Å². The fourth-order valence-electron chi connectivity index (χ4n) is 2.37. The van der Waals surface area contributed by atoms with Crippen LogP contribution in [0.2, 0.25) is 0 Å². The lowest BCUT2D eigenvalue weighted by Crippen LogP contribution is -2.45. The van der Waals surface area contributed by atoms with E-state index < -0.39 is 5.60 Å². The number of amides is 1. The Balaban J connectivity index is 1.88. The van der Waals surface area contributed by atoms with Crippen LogP contribution in [0.25, 0.3) is 10.2 Å². The van der Waals surface area contributed by atoms with Gasteiger partial charge in [0.25, 0.3) is 5.91 Å². The van der Waals surface area contributed by atoms with Gasteiger partial charge in [-0.15, -0.1) is 16.4 Å². The first-order valence-electron chi connectivity index (χ1n) is 6.49. The van der Waals surface area contributed by atoms with E-state index in [1.165, 1.54) is 11.3 Å². The number of rotatable bonds is 1. The van der Waals surface area contributed by atoms with E-state index in [9.17, 15) is 9.90 Å². The van der Waals surface area contributed by atoms with Crippen LogP contribution in [0.3, 0.4) is 0 Å². The normalized spacial score (nSPS) is 18.4. The number of aliphatic hydroxyl groups is 1. The molecule has 7 heteroatoms. The standard InChI is InChI=1S/C13H16N4O2S/c1-13(19)3-6-17(7-4-13)12(18)10-9(14)8-2-5-15-16-11(8)20-10/h2,5,19H,3-4,6-7,14H2,1H3. The summed E-state index contributed by atoms with van der Waals surface area (Å²) in [5.41, 5.74) is 5.85. The number of nitrogen functional groups attached to an aromatic ring is 1. The summed E-state index contributed by atoms with van der Waals surface area (Å²) in [5.74, 6) is -0.0824. The van der Waals surface area contributed by atoms with Crippen LogP contribution < -0.4 is 5.73 Å². The van der Waals surface area contributed by atoms with E-state index in [1.807, 2.05) is 0 Å². The van der Waals surface area contributed by atoms with E-state index in [2.05, 4.69) is 10.2 Å². The summed E-state index contributed by atoms with van der Waals surface area (Å²) in [6.45, 7) is 2.90. The van der Waals surface area contributed by atoms with E-state index >= 15 is 0 Å². The topological polar surface area (TPSA) is 92.3 Å². The number of carbonyl (C=O) groups is 1. The quantitative estimate of drug-likeness (QED) is 0.825. The molecule has 3 N–H and O–H groups in total. The van der Waals surface area contributed by atoms with Crippen molar-refractivity contribution >= 4 is 33.1 Å². The minimum atomic E-state index is -0.673. The Labute approximate surface area is 120 Å². The monoisotopic (exact) mass is 292 g/mol. The molecule has 3 rings (SSSR count). The minimum absolute atomic E-state index is 0.0824. The predicted octanol–water partition coefficient (Wildman–Crippen LogP) is 1.26. The van der Waals surface area contributed by atoms with Gasteiger partial charge < -0.3 is 15.7 Å². The Kier molecular flexibility index (Phi) is 3.10. The number of nitrogens with two attached hydrogens (primary N) is 1. The van der Waals surface area contributed by atoms with Crippen LogP contribution in [0, 0.1) is 0 Å². The number of fused-ring (bicyclic) bond motifs is 1. The average molecular weight is 292 g/mol. The van der Waals surface area contributed by atoms with Gasteiger partial charge in [-0.25, -0.2) is 0 Å². The molecule has 1 aliphatic rings. The van der Waals surface area contributed by atoms with Crippen molar-refractivity contribution < 1.29 is 9.90 Å². The number of hydrogen-bond acceptors (Lipinski definition) is 6. The van der Waals surface area contributed by atoms with Gasteiger partial charge in [0, 0.05) is 18.5 Å². The Morgan fingerprint density at radius 2 is 2.20 bits per heavy atom. The summed E-state index contributed by atoms with van der Waals surface area (Å²) in [7, 11) is 0. The Hall–Kier alpha value is -1.73. The van der Waals surface area contributed by atoms with Crippen LogP contribution in [0.1, 0.15) is 29.4 Å². The summed E-state index contributed by atoms with van der Waals surface area (Å²) in [6, 6.07) is 1.77. The van der Waals surface area contributed by atoms with Crippen molar-refractivity contribution in [1.29, 1.82) is 0 Å². The molecule has 3 heterocycles. The average Bonchev–Trinajstić information content (AvgIpc) is 2.76. The molecule has 2 aromatic heterocycles. The van der Waals surface area contributed by atoms with Crippen LogP contribution in [0.5, 0.6) is 0 Å². The number of hydrogen-bond donors (Lipinski definition) is 2. The van der Waals surface area contributed by atoms with Gasteiger partial charge in [-0.2, -0.15) is 5.10 Å². The first-order valence-corrected chi connectivity index (χ1v) is 7.31. The molecule has 0 spiro atoms. The lowest BCUT2D eigenvalue weighted by atomic mass is 9.94. The summed E-state index contributed by atoms with van der Waals surface area (Å²) in [6.07, 6.45) is 2.74. The van der Waals surface area contributed by atoms with Crippen LogP contribution in [0.4, 0.5) is 5.69 Å². The third-order valence-corrected chi connectivity index (χ3v) is 4.84. The second-order valence-electron chi connectivity index (χ2n) is 5.38. The van der Waals surface area contributed by atoms with Crippen molar-refractivity contribution in [1.82, 2.24) is 15.1 Å². The highest BCUT2D eigenvalue weighted by Gasteiger charge is 2.31. The van der Waals surface area contributed by atoms with E-state index in [0.717, 1.165) is 5.39 Å². The van der Waals surface area contributed by atoms with Crippen molar-refractivity contribution in [3.05, 3.63) is 17.1 Å². The van der Waals surface area contributed by atoms with Gasteiger partial charge >= 0.3 is 0 Å². The maximum Gasteiger partial charge on any atom is 0.266 e. The zero-order chi connectivity index (χ0) is 14.3. The third kappa shape index (κ3) is 2.23. The Bertz CT molecular complexity index is 657. The summed E-state index contributed by atoms with van der Waals surface area (Å²) >= 11 is 1.27. The van der Waals surface area contributed by atoms with Crippen molar-refractivity contribution in [2.45, 2.75) is 25.4 Å². The van der Waals surface area contributed by atoms with Crippen LogP contribution in [-0.2, 0) is 0 Å². The van der Waals surface area contributed by atoms with Crippen LogP contribution >= 0.6 is 11.3 Å². The molecule has 0 atom stereocenters. The number of anilines is 1. The second kappa shape index (κ2) is 4.68. The SMILES string of the molecule is CC1(O)CCN(C(=O)c2sc3nnccc3c2N)CC1. The zero-order valence-corrected chi connectivity index (χ0v) is 12.0. The third-order valence-electron chi connectivity index (χ3n) is 3.74. The number of piperidine rings is 1. The van der Waals surface area contributed by atoms with Crippen molar-refractivity contribution in [2.75, 3.05) is 18.8 Å². The number of thiophene rings is 1. The molecule has 1 fully saturated rings. The molecule has 1 saturated heterocycles. The van der Waals surface area contributed by atoms with Gasteiger partial charge in [0.1, 0.15) is 9.71 Å². The lowest BCUT2D eigenvalue weighted by molar-refractivity contribution is -0.00184. The molecular weight excluding hydrogens is 276 g/mol. The van der Waals surface area contributed by atoms with Gasteiger partial charge in [0.15, 0.2) is 0 Å². The summed E-state index contributed by atoms with van der Waals surface area (Å²) < 4.78 is 0. The fourth-order valence-corrected chi connectivity index (χ4v) is 3.37. The molecule has 0 bridgehead atoms. The van der Waals surface area contributed by atoms with E-state index in [-0.39, 0.29) is 5.91 Å². The smallest absolute Gasteiger partial charge is 0.266 e. The van der Waals surface area contributed by atoms with E-state index in [1.54, 1.807) is 24.1 Å². The van der Waals surface area contributed by atoms with Crippen LogP contribution in [-0.4, -0.2) is 44.8 Å². The first kappa shape index (κ1) is 13.3. The van der Waals surface area contributed by atoms with Crippen molar-refractivity contribution in [3.63, 3.8) is 0 Å². The molecule has 0 saturated carbocycles. The minimum Gasteiger partial charge on any atom is -0.397 e. The predicted molar refractivity (Wildman–Crippen MR) is 77.6 cm³/mol.